The molecule has 84 valence electrons. The molecule has 0 aromatic heterocycles. The number of allylic oxidation sites excluding steroid dienone is 3. The van der Waals surface area contributed by atoms with E-state index < -0.39 is 0 Å². The quantitative estimate of drug-likeness (QED) is 0.744. The summed E-state index contributed by atoms with van der Waals surface area (Å²) in [7, 11) is 0. The van der Waals surface area contributed by atoms with Gasteiger partial charge in [-0.1, -0.05) is 42.0 Å². The van der Waals surface area contributed by atoms with Gasteiger partial charge in [-0.05, 0) is 31.9 Å². The van der Waals surface area contributed by atoms with E-state index in [4.69, 9.17) is 0 Å². The van der Waals surface area contributed by atoms with Crippen molar-refractivity contribution in [2.24, 2.45) is 0 Å². The van der Waals surface area contributed by atoms with Crippen LogP contribution in [0.5, 0.6) is 0 Å². The van der Waals surface area contributed by atoms with Crippen molar-refractivity contribution in [3.63, 3.8) is 0 Å². The lowest BCUT2D eigenvalue weighted by Gasteiger charge is -2.27. The number of rotatable bonds is 3. The van der Waals surface area contributed by atoms with Crippen molar-refractivity contribution in [1.82, 2.24) is 4.90 Å². The van der Waals surface area contributed by atoms with Crippen LogP contribution in [0.4, 0.5) is 0 Å². The molecular weight excluding hydrogens is 194 g/mol. The fraction of sp³-hybridized carbons (Fsp3) is 0.333. The predicted molar refractivity (Wildman–Crippen MR) is 69.2 cm³/mol. The first-order valence-electron chi connectivity index (χ1n) is 5.89. The summed E-state index contributed by atoms with van der Waals surface area (Å²) in [6.07, 6.45) is 5.67. The number of hydrogen-bond acceptors (Lipinski definition) is 1. The van der Waals surface area contributed by atoms with Crippen molar-refractivity contribution in [3.05, 3.63) is 59.3 Å². The summed E-state index contributed by atoms with van der Waals surface area (Å²) >= 11 is 0. The summed E-state index contributed by atoms with van der Waals surface area (Å²) in [6.45, 7) is 6.52. The molecule has 0 radical (unpaired) electrons. The average Bonchev–Trinajstić information content (AvgIpc) is 2.29. The molecule has 1 aromatic carbocycles. The highest BCUT2D eigenvalue weighted by Gasteiger charge is 2.08. The van der Waals surface area contributed by atoms with E-state index in [1.54, 1.807) is 0 Å². The van der Waals surface area contributed by atoms with E-state index >= 15 is 0 Å². The van der Waals surface area contributed by atoms with Gasteiger partial charge in [0.05, 0.1) is 0 Å². The topological polar surface area (TPSA) is 3.24 Å². The molecule has 1 heteroatoms. The van der Waals surface area contributed by atoms with E-state index in [1.165, 1.54) is 16.8 Å². The van der Waals surface area contributed by atoms with Crippen molar-refractivity contribution >= 4 is 0 Å². The third-order valence-electron chi connectivity index (χ3n) is 3.08. The maximum absolute atomic E-state index is 2.43. The molecule has 0 spiro atoms. The Kier molecular flexibility index (Phi) is 3.45. The molecule has 1 heterocycles. The van der Waals surface area contributed by atoms with Gasteiger partial charge in [-0.15, -0.1) is 0 Å². The fourth-order valence-electron chi connectivity index (χ4n) is 2.05. The Balaban J connectivity index is 1.91. The summed E-state index contributed by atoms with van der Waals surface area (Å²) in [5.74, 6) is 0. The minimum Gasteiger partial charge on any atom is -0.371 e. The highest BCUT2D eigenvalue weighted by molar-refractivity contribution is 5.25. The molecule has 16 heavy (non-hydrogen) atoms. The van der Waals surface area contributed by atoms with Crippen LogP contribution in [0.3, 0.4) is 0 Å². The van der Waals surface area contributed by atoms with Crippen LogP contribution in [0.25, 0.3) is 0 Å². The minimum absolute atomic E-state index is 1.06. The van der Waals surface area contributed by atoms with Crippen LogP contribution in [-0.2, 0) is 6.42 Å². The van der Waals surface area contributed by atoms with Crippen LogP contribution in [0.15, 0.2) is 53.8 Å². The van der Waals surface area contributed by atoms with E-state index in [1.807, 2.05) is 0 Å². The molecule has 0 N–H and O–H groups in total. The van der Waals surface area contributed by atoms with Crippen molar-refractivity contribution < 1.29 is 0 Å². The van der Waals surface area contributed by atoms with E-state index in [0.717, 1.165) is 19.5 Å². The second-order valence-corrected chi connectivity index (χ2v) is 4.42. The molecule has 0 fully saturated rings. The smallest absolute Gasteiger partial charge is 0.0362 e. The molecule has 1 nitrogen and oxygen atoms in total. The molecular formula is C15H19N. The molecule has 0 unspecified atom stereocenters. The zero-order chi connectivity index (χ0) is 11.4. The lowest BCUT2D eigenvalue weighted by atomic mass is 10.1. The van der Waals surface area contributed by atoms with Crippen LogP contribution >= 0.6 is 0 Å². The maximum Gasteiger partial charge on any atom is 0.0362 e. The fourth-order valence-corrected chi connectivity index (χ4v) is 2.05. The molecule has 1 aromatic rings. The SMILES string of the molecule is CC1=CCN(CCc2ccccc2)C(C)=C1. The second kappa shape index (κ2) is 5.02. The van der Waals surface area contributed by atoms with Gasteiger partial charge >= 0.3 is 0 Å². The molecule has 1 aliphatic rings. The second-order valence-electron chi connectivity index (χ2n) is 4.42. The molecule has 0 saturated heterocycles. The van der Waals surface area contributed by atoms with Gasteiger partial charge < -0.3 is 4.90 Å². The Labute approximate surface area is 98.1 Å². The van der Waals surface area contributed by atoms with Gasteiger partial charge in [0.1, 0.15) is 0 Å². The van der Waals surface area contributed by atoms with E-state index in [2.05, 4.69) is 61.2 Å². The maximum atomic E-state index is 2.43. The van der Waals surface area contributed by atoms with E-state index in [9.17, 15) is 0 Å². The lowest BCUT2D eigenvalue weighted by Crippen LogP contribution is -2.26. The van der Waals surface area contributed by atoms with E-state index in [0.29, 0.717) is 0 Å². The van der Waals surface area contributed by atoms with Gasteiger partial charge in [0, 0.05) is 18.8 Å². The summed E-state index contributed by atoms with van der Waals surface area (Å²) < 4.78 is 0. The molecule has 0 saturated carbocycles. The normalized spacial score (nSPS) is 15.8. The average molecular weight is 213 g/mol. The Bertz CT molecular complexity index is 401. The van der Waals surface area contributed by atoms with E-state index in [-0.39, 0.29) is 0 Å². The Hall–Kier alpha value is -1.50. The zero-order valence-electron chi connectivity index (χ0n) is 10.1. The zero-order valence-corrected chi connectivity index (χ0v) is 10.1. The van der Waals surface area contributed by atoms with Crippen LogP contribution in [0, 0.1) is 0 Å². The molecule has 0 amide bonds. The summed E-state index contributed by atoms with van der Waals surface area (Å²) in [6, 6.07) is 10.7. The van der Waals surface area contributed by atoms with Gasteiger partial charge in [0.2, 0.25) is 0 Å². The highest BCUT2D eigenvalue weighted by atomic mass is 15.1. The summed E-state index contributed by atoms with van der Waals surface area (Å²) in [5.41, 5.74) is 4.19. The van der Waals surface area contributed by atoms with Crippen molar-refractivity contribution in [2.45, 2.75) is 20.3 Å². The molecule has 2 rings (SSSR count). The van der Waals surface area contributed by atoms with Gasteiger partial charge in [-0.25, -0.2) is 0 Å². The molecule has 0 aliphatic carbocycles. The Morgan fingerprint density at radius 3 is 2.56 bits per heavy atom. The van der Waals surface area contributed by atoms with Crippen LogP contribution < -0.4 is 0 Å². The van der Waals surface area contributed by atoms with Gasteiger partial charge in [0.25, 0.3) is 0 Å². The third-order valence-corrected chi connectivity index (χ3v) is 3.08. The van der Waals surface area contributed by atoms with Gasteiger partial charge in [0.15, 0.2) is 0 Å². The first-order valence-corrected chi connectivity index (χ1v) is 5.89. The monoisotopic (exact) mass is 213 g/mol. The highest BCUT2D eigenvalue weighted by Crippen LogP contribution is 2.14. The van der Waals surface area contributed by atoms with Crippen LogP contribution in [0.1, 0.15) is 19.4 Å². The Morgan fingerprint density at radius 2 is 1.88 bits per heavy atom. The standard InChI is InChI=1S/C15H19N/c1-13-8-10-16(14(2)12-13)11-9-15-6-4-3-5-7-15/h3-8,12H,9-11H2,1-2H3. The van der Waals surface area contributed by atoms with Crippen molar-refractivity contribution in [1.29, 1.82) is 0 Å². The number of nitrogens with zero attached hydrogens (tertiary/aromatic N) is 1. The number of hydrogen-bond donors (Lipinski definition) is 0. The molecule has 1 aliphatic heterocycles. The van der Waals surface area contributed by atoms with Crippen molar-refractivity contribution in [2.75, 3.05) is 13.1 Å². The first kappa shape index (κ1) is 11.0. The van der Waals surface area contributed by atoms with Crippen molar-refractivity contribution in [3.8, 4) is 0 Å². The largest absolute Gasteiger partial charge is 0.371 e. The first-order chi connectivity index (χ1) is 7.75. The molecule has 0 atom stereocenters. The summed E-state index contributed by atoms with van der Waals surface area (Å²) in [4.78, 5) is 2.43. The lowest BCUT2D eigenvalue weighted by molar-refractivity contribution is 0.379. The predicted octanol–water partition coefficient (Wildman–Crippen LogP) is 3.39. The van der Waals surface area contributed by atoms with Crippen LogP contribution in [-0.4, -0.2) is 18.0 Å². The van der Waals surface area contributed by atoms with Crippen LogP contribution in [0.2, 0.25) is 0 Å². The minimum atomic E-state index is 1.06. The third kappa shape index (κ3) is 2.75. The van der Waals surface area contributed by atoms with Gasteiger partial charge in [-0.2, -0.15) is 0 Å². The Morgan fingerprint density at radius 1 is 1.12 bits per heavy atom. The molecule has 0 bridgehead atoms. The number of benzene rings is 1. The van der Waals surface area contributed by atoms with Gasteiger partial charge in [-0.3, -0.25) is 0 Å². The summed E-state index contributed by atoms with van der Waals surface area (Å²) in [5, 5.41) is 0.